The summed E-state index contributed by atoms with van der Waals surface area (Å²) in [5, 5.41) is 13.8. The SMILES string of the molecule is CNc1cc(Nc2cccc(-c3ccc(F)cn3)c2OC)nc2c(C(=O)N[C@@H]3CC4OCCOC43)cnn12. The topological polar surface area (TPSA) is 124 Å². The zero-order chi connectivity index (χ0) is 26.2. The minimum absolute atomic E-state index is 0.0265. The molecule has 0 spiro atoms. The molecule has 2 fully saturated rings. The lowest BCUT2D eigenvalue weighted by Crippen LogP contribution is -2.63. The van der Waals surface area contributed by atoms with Crippen molar-refractivity contribution in [3.05, 3.63) is 60.2 Å². The molecule has 2 aliphatic rings. The Morgan fingerprint density at radius 1 is 1.18 bits per heavy atom. The van der Waals surface area contributed by atoms with E-state index in [4.69, 9.17) is 19.2 Å². The second-order valence-electron chi connectivity index (χ2n) is 9.00. The molecule has 196 valence electrons. The fourth-order valence-electron chi connectivity index (χ4n) is 4.83. The third kappa shape index (κ3) is 4.27. The second-order valence-corrected chi connectivity index (χ2v) is 9.00. The predicted octanol–water partition coefficient (Wildman–Crippen LogP) is 3.01. The van der Waals surface area contributed by atoms with Gasteiger partial charge in [-0.3, -0.25) is 9.78 Å². The van der Waals surface area contributed by atoms with Gasteiger partial charge in [0.15, 0.2) is 11.4 Å². The van der Waals surface area contributed by atoms with Crippen molar-refractivity contribution in [1.29, 1.82) is 0 Å². The van der Waals surface area contributed by atoms with E-state index >= 15 is 0 Å². The molecule has 3 atom stereocenters. The number of hydrogen-bond donors (Lipinski definition) is 3. The Hall–Kier alpha value is -4.29. The maximum atomic E-state index is 13.4. The minimum atomic E-state index is -0.420. The van der Waals surface area contributed by atoms with E-state index in [1.54, 1.807) is 30.8 Å². The van der Waals surface area contributed by atoms with Gasteiger partial charge in [0.05, 0.1) is 56.2 Å². The van der Waals surface area contributed by atoms with Crippen molar-refractivity contribution in [1.82, 2.24) is 24.9 Å². The summed E-state index contributed by atoms with van der Waals surface area (Å²) in [5.41, 5.74) is 2.58. The maximum absolute atomic E-state index is 13.4. The smallest absolute Gasteiger partial charge is 0.257 e. The Morgan fingerprint density at radius 3 is 2.82 bits per heavy atom. The van der Waals surface area contributed by atoms with Crippen LogP contribution in [0.4, 0.5) is 21.7 Å². The molecular weight excluding hydrogens is 493 g/mol. The Labute approximate surface area is 217 Å². The first-order chi connectivity index (χ1) is 18.6. The van der Waals surface area contributed by atoms with Gasteiger partial charge in [-0.1, -0.05) is 6.07 Å². The van der Waals surface area contributed by atoms with Gasteiger partial charge >= 0.3 is 0 Å². The largest absolute Gasteiger partial charge is 0.494 e. The number of anilines is 3. The van der Waals surface area contributed by atoms with Crippen LogP contribution >= 0.6 is 0 Å². The van der Waals surface area contributed by atoms with Crippen molar-refractivity contribution >= 4 is 28.9 Å². The van der Waals surface area contributed by atoms with E-state index in [-0.39, 0.29) is 24.2 Å². The number of amides is 1. The Balaban J connectivity index is 1.31. The number of fused-ring (bicyclic) bond motifs is 2. The van der Waals surface area contributed by atoms with Gasteiger partial charge in [-0.2, -0.15) is 9.61 Å². The summed E-state index contributed by atoms with van der Waals surface area (Å²) in [4.78, 5) is 22.1. The summed E-state index contributed by atoms with van der Waals surface area (Å²) >= 11 is 0. The maximum Gasteiger partial charge on any atom is 0.257 e. The molecule has 4 aromatic rings. The van der Waals surface area contributed by atoms with Crippen LogP contribution in [-0.4, -0.2) is 71.1 Å². The first-order valence-corrected chi connectivity index (χ1v) is 12.2. The Kier molecular flexibility index (Phi) is 6.26. The third-order valence-electron chi connectivity index (χ3n) is 6.75. The highest BCUT2D eigenvalue weighted by atomic mass is 19.1. The number of ether oxygens (including phenoxy) is 3. The fourth-order valence-corrected chi connectivity index (χ4v) is 4.83. The van der Waals surface area contributed by atoms with Gasteiger partial charge in [-0.25, -0.2) is 9.37 Å². The number of nitrogens with one attached hydrogen (secondary N) is 3. The molecule has 38 heavy (non-hydrogen) atoms. The van der Waals surface area contributed by atoms with Crippen LogP contribution < -0.4 is 20.7 Å². The van der Waals surface area contributed by atoms with Crippen LogP contribution in [0.15, 0.2) is 48.8 Å². The average molecular weight is 520 g/mol. The molecule has 12 heteroatoms. The first-order valence-electron chi connectivity index (χ1n) is 12.2. The molecule has 4 heterocycles. The number of methoxy groups -OCH3 is 1. The van der Waals surface area contributed by atoms with Crippen LogP contribution in [0.3, 0.4) is 0 Å². The van der Waals surface area contributed by atoms with Gasteiger partial charge in [-0.15, -0.1) is 0 Å². The summed E-state index contributed by atoms with van der Waals surface area (Å²) in [6.07, 6.45) is 3.25. The number of benzene rings is 1. The normalized spacial score (nSPS) is 20.3. The molecule has 3 aromatic heterocycles. The Morgan fingerprint density at radius 2 is 2.05 bits per heavy atom. The summed E-state index contributed by atoms with van der Waals surface area (Å²) < 4.78 is 32.1. The second kappa shape index (κ2) is 9.88. The van der Waals surface area contributed by atoms with E-state index in [9.17, 15) is 9.18 Å². The summed E-state index contributed by atoms with van der Waals surface area (Å²) in [6, 6.07) is 10.1. The lowest BCUT2D eigenvalue weighted by atomic mass is 9.84. The first kappa shape index (κ1) is 24.1. The molecule has 2 unspecified atom stereocenters. The molecule has 1 amide bonds. The van der Waals surface area contributed by atoms with E-state index in [2.05, 4.69) is 26.0 Å². The van der Waals surface area contributed by atoms with Crippen LogP contribution in [0, 0.1) is 5.82 Å². The minimum Gasteiger partial charge on any atom is -0.494 e. The molecule has 6 rings (SSSR count). The standard InChI is InChI=1S/C26H26FN7O4/c1-28-22-11-21(31-18-5-3-4-15(23(18)36-2)17-7-6-14(27)12-29-17)33-25-16(13-30-34(22)25)26(35)32-19-10-20-24(19)38-9-8-37-20/h3-7,11-13,19-20,24,28H,8-10H2,1-2H3,(H,31,33)(H,32,35)/t19-,20?,24?/m1/s1. The van der Waals surface area contributed by atoms with Crippen molar-refractivity contribution in [2.75, 3.05) is 38.0 Å². The molecule has 1 aliphatic heterocycles. The quantitative estimate of drug-likeness (QED) is 0.338. The zero-order valence-electron chi connectivity index (χ0n) is 20.8. The van der Waals surface area contributed by atoms with E-state index in [0.717, 1.165) is 6.20 Å². The molecular formula is C26H26FN7O4. The molecule has 0 bridgehead atoms. The van der Waals surface area contributed by atoms with Gasteiger partial charge in [0.1, 0.15) is 29.1 Å². The van der Waals surface area contributed by atoms with E-state index in [1.165, 1.54) is 12.3 Å². The summed E-state index contributed by atoms with van der Waals surface area (Å²) in [5.74, 6) is 0.897. The molecule has 1 saturated carbocycles. The number of aromatic nitrogens is 4. The molecule has 0 radical (unpaired) electrons. The monoisotopic (exact) mass is 519 g/mol. The lowest BCUT2D eigenvalue weighted by Gasteiger charge is -2.46. The molecule has 1 aliphatic carbocycles. The average Bonchev–Trinajstić information content (AvgIpc) is 3.36. The van der Waals surface area contributed by atoms with Gasteiger partial charge in [0, 0.05) is 18.7 Å². The number of nitrogens with zero attached hydrogens (tertiary/aromatic N) is 4. The molecule has 11 nitrogen and oxygen atoms in total. The number of carbonyl (C=O) groups excluding carboxylic acids is 1. The highest BCUT2D eigenvalue weighted by Crippen LogP contribution is 2.37. The third-order valence-corrected chi connectivity index (χ3v) is 6.75. The Bertz CT molecular complexity index is 1490. The fraction of sp³-hybridized carbons (Fsp3) is 0.308. The van der Waals surface area contributed by atoms with Crippen molar-refractivity contribution in [3.63, 3.8) is 0 Å². The number of halogens is 1. The molecule has 1 saturated heterocycles. The van der Waals surface area contributed by atoms with Crippen LogP contribution in [0.2, 0.25) is 0 Å². The van der Waals surface area contributed by atoms with E-state index in [0.29, 0.717) is 65.2 Å². The van der Waals surface area contributed by atoms with E-state index in [1.807, 2.05) is 18.2 Å². The summed E-state index contributed by atoms with van der Waals surface area (Å²) in [7, 11) is 3.31. The highest BCUT2D eigenvalue weighted by molar-refractivity contribution is 6.00. The van der Waals surface area contributed by atoms with Crippen LogP contribution in [0.25, 0.3) is 16.9 Å². The number of rotatable bonds is 7. The molecule has 1 aromatic carbocycles. The lowest BCUT2D eigenvalue weighted by molar-refractivity contribution is -0.198. The summed E-state index contributed by atoms with van der Waals surface area (Å²) in [6.45, 7) is 1.10. The van der Waals surface area contributed by atoms with Crippen LogP contribution in [0.5, 0.6) is 5.75 Å². The zero-order valence-corrected chi connectivity index (χ0v) is 20.8. The van der Waals surface area contributed by atoms with Crippen LogP contribution in [0.1, 0.15) is 16.8 Å². The predicted molar refractivity (Wildman–Crippen MR) is 137 cm³/mol. The van der Waals surface area contributed by atoms with Crippen molar-refractivity contribution in [2.24, 2.45) is 0 Å². The number of para-hydroxylation sites is 1. The highest BCUT2D eigenvalue weighted by Gasteiger charge is 2.45. The van der Waals surface area contributed by atoms with E-state index < -0.39 is 5.82 Å². The number of pyridine rings is 1. The van der Waals surface area contributed by atoms with Gasteiger partial charge < -0.3 is 30.2 Å². The molecule has 3 N–H and O–H groups in total. The van der Waals surface area contributed by atoms with Crippen molar-refractivity contribution < 1.29 is 23.4 Å². The number of hydrogen-bond acceptors (Lipinski definition) is 9. The van der Waals surface area contributed by atoms with Gasteiger partial charge in [0.25, 0.3) is 5.91 Å². The van der Waals surface area contributed by atoms with Gasteiger partial charge in [-0.05, 0) is 30.7 Å². The van der Waals surface area contributed by atoms with Crippen molar-refractivity contribution in [3.8, 4) is 17.0 Å². The van der Waals surface area contributed by atoms with Gasteiger partial charge in [0.2, 0.25) is 0 Å². The van der Waals surface area contributed by atoms with Crippen LogP contribution in [-0.2, 0) is 9.47 Å². The van der Waals surface area contributed by atoms with Crippen molar-refractivity contribution in [2.45, 2.75) is 24.7 Å². The number of carbonyl (C=O) groups is 1.